The number of carbonyl (C=O) groups is 2. The van der Waals surface area contributed by atoms with Crippen LogP contribution < -0.4 is 10.6 Å². The van der Waals surface area contributed by atoms with Crippen molar-refractivity contribution < 1.29 is 18.7 Å². The molecule has 0 saturated carbocycles. The van der Waals surface area contributed by atoms with E-state index in [4.69, 9.17) is 4.42 Å². The lowest BCUT2D eigenvalue weighted by molar-refractivity contribution is -0.119. The lowest BCUT2D eigenvalue weighted by Crippen LogP contribution is -2.29. The van der Waals surface area contributed by atoms with E-state index >= 15 is 0 Å². The molecule has 1 heterocycles. The molecule has 0 aliphatic heterocycles. The molecule has 1 aromatic heterocycles. The van der Waals surface area contributed by atoms with Gasteiger partial charge in [0.25, 0.3) is 0 Å². The summed E-state index contributed by atoms with van der Waals surface area (Å²) in [6.07, 6.45) is 1.56. The average molecular weight is 302 g/mol. The lowest BCUT2D eigenvalue weighted by atomic mass is 10.1. The van der Waals surface area contributed by atoms with Crippen molar-refractivity contribution in [1.29, 1.82) is 0 Å². The third kappa shape index (κ3) is 4.12. The number of furan rings is 1. The predicted octanol–water partition coefficient (Wildman–Crippen LogP) is 2.10. The highest BCUT2D eigenvalue weighted by atomic mass is 16.5. The summed E-state index contributed by atoms with van der Waals surface area (Å²) in [5.41, 5.74) is 2.09. The molecule has 116 valence electrons. The van der Waals surface area contributed by atoms with Gasteiger partial charge in [-0.1, -0.05) is 6.07 Å². The number of anilines is 1. The molecule has 2 N–H and O–H groups in total. The summed E-state index contributed by atoms with van der Waals surface area (Å²) < 4.78 is 9.81. The Kier molecular flexibility index (Phi) is 5.19. The average Bonchev–Trinajstić information content (AvgIpc) is 3.04. The molecular weight excluding hydrogens is 284 g/mol. The van der Waals surface area contributed by atoms with E-state index in [-0.39, 0.29) is 12.5 Å². The SMILES string of the molecule is COC(=O)c1ccc(C)c(NCC(=O)NCc2ccco2)c1. The van der Waals surface area contributed by atoms with Crippen molar-refractivity contribution in [2.45, 2.75) is 13.5 Å². The number of hydrogen-bond donors (Lipinski definition) is 2. The smallest absolute Gasteiger partial charge is 0.337 e. The van der Waals surface area contributed by atoms with Crippen LogP contribution in [0.4, 0.5) is 5.69 Å². The zero-order valence-electron chi connectivity index (χ0n) is 12.5. The first-order valence-corrected chi connectivity index (χ1v) is 6.82. The second kappa shape index (κ2) is 7.31. The molecule has 0 saturated heterocycles. The van der Waals surface area contributed by atoms with Crippen LogP contribution in [0.2, 0.25) is 0 Å². The van der Waals surface area contributed by atoms with Crippen molar-refractivity contribution in [3.63, 3.8) is 0 Å². The number of esters is 1. The molecule has 0 atom stereocenters. The van der Waals surface area contributed by atoms with Crippen LogP contribution in [0.3, 0.4) is 0 Å². The van der Waals surface area contributed by atoms with E-state index < -0.39 is 5.97 Å². The van der Waals surface area contributed by atoms with Crippen LogP contribution >= 0.6 is 0 Å². The normalized spacial score (nSPS) is 10.1. The van der Waals surface area contributed by atoms with Gasteiger partial charge in [0.15, 0.2) is 0 Å². The first kappa shape index (κ1) is 15.6. The highest BCUT2D eigenvalue weighted by Crippen LogP contribution is 2.17. The van der Waals surface area contributed by atoms with Crippen LogP contribution in [0.15, 0.2) is 41.0 Å². The molecule has 2 rings (SSSR count). The molecule has 2 aromatic rings. The van der Waals surface area contributed by atoms with Gasteiger partial charge in [0.2, 0.25) is 5.91 Å². The van der Waals surface area contributed by atoms with Crippen molar-refractivity contribution in [3.05, 3.63) is 53.5 Å². The van der Waals surface area contributed by atoms with Crippen LogP contribution in [0, 0.1) is 6.92 Å². The maximum Gasteiger partial charge on any atom is 0.337 e. The number of ether oxygens (including phenoxy) is 1. The third-order valence-electron chi connectivity index (χ3n) is 3.14. The second-order valence-corrected chi connectivity index (χ2v) is 4.73. The Morgan fingerprint density at radius 3 is 2.77 bits per heavy atom. The molecule has 6 heteroatoms. The van der Waals surface area contributed by atoms with Crippen LogP contribution in [-0.4, -0.2) is 25.5 Å². The Labute approximate surface area is 128 Å². The molecule has 0 aliphatic rings. The molecule has 6 nitrogen and oxygen atoms in total. The first-order chi connectivity index (χ1) is 10.6. The fourth-order valence-corrected chi connectivity index (χ4v) is 1.89. The molecule has 0 fully saturated rings. The molecule has 22 heavy (non-hydrogen) atoms. The number of amides is 1. The fourth-order valence-electron chi connectivity index (χ4n) is 1.89. The minimum Gasteiger partial charge on any atom is -0.467 e. The Hall–Kier alpha value is -2.76. The Balaban J connectivity index is 1.90. The number of rotatable bonds is 6. The highest BCUT2D eigenvalue weighted by Gasteiger charge is 2.09. The number of aryl methyl sites for hydroxylation is 1. The lowest BCUT2D eigenvalue weighted by Gasteiger charge is -2.11. The van der Waals surface area contributed by atoms with E-state index in [1.54, 1.807) is 36.6 Å². The van der Waals surface area contributed by atoms with Crippen molar-refractivity contribution in [3.8, 4) is 0 Å². The van der Waals surface area contributed by atoms with Gasteiger partial charge in [0.05, 0.1) is 32.0 Å². The summed E-state index contributed by atoms with van der Waals surface area (Å²) in [5.74, 6) is 0.113. The van der Waals surface area contributed by atoms with Crippen molar-refractivity contribution in [2.75, 3.05) is 19.0 Å². The summed E-state index contributed by atoms with van der Waals surface area (Å²) in [7, 11) is 1.33. The Morgan fingerprint density at radius 2 is 2.09 bits per heavy atom. The van der Waals surface area contributed by atoms with Gasteiger partial charge in [-0.2, -0.15) is 0 Å². The van der Waals surface area contributed by atoms with Gasteiger partial charge in [-0.25, -0.2) is 4.79 Å². The first-order valence-electron chi connectivity index (χ1n) is 6.82. The zero-order valence-corrected chi connectivity index (χ0v) is 12.5. The molecule has 0 spiro atoms. The monoisotopic (exact) mass is 302 g/mol. The van der Waals surface area contributed by atoms with Crippen molar-refractivity contribution in [1.82, 2.24) is 5.32 Å². The summed E-state index contributed by atoms with van der Waals surface area (Å²) in [5, 5.41) is 5.75. The maximum absolute atomic E-state index is 11.8. The summed E-state index contributed by atoms with van der Waals surface area (Å²) in [4.78, 5) is 23.3. The number of nitrogens with one attached hydrogen (secondary N) is 2. The van der Waals surface area contributed by atoms with Crippen LogP contribution in [0.1, 0.15) is 21.7 Å². The number of benzene rings is 1. The van der Waals surface area contributed by atoms with Crippen molar-refractivity contribution in [2.24, 2.45) is 0 Å². The highest BCUT2D eigenvalue weighted by molar-refractivity contribution is 5.91. The summed E-state index contributed by atoms with van der Waals surface area (Å²) >= 11 is 0. The zero-order chi connectivity index (χ0) is 15.9. The molecule has 0 aliphatic carbocycles. The van der Waals surface area contributed by atoms with E-state index in [0.717, 1.165) is 11.3 Å². The molecule has 1 amide bonds. The third-order valence-corrected chi connectivity index (χ3v) is 3.14. The summed E-state index contributed by atoms with van der Waals surface area (Å²) in [6.45, 7) is 2.34. The van der Waals surface area contributed by atoms with E-state index in [1.807, 2.05) is 6.92 Å². The molecule has 1 aromatic carbocycles. The van der Waals surface area contributed by atoms with E-state index in [1.165, 1.54) is 7.11 Å². The van der Waals surface area contributed by atoms with E-state index in [0.29, 0.717) is 17.9 Å². The molecule has 0 radical (unpaired) electrons. The van der Waals surface area contributed by atoms with Gasteiger partial charge in [-0.15, -0.1) is 0 Å². The van der Waals surface area contributed by atoms with Gasteiger partial charge in [0.1, 0.15) is 5.76 Å². The van der Waals surface area contributed by atoms with Crippen LogP contribution in [0.25, 0.3) is 0 Å². The Bertz CT molecular complexity index is 650. The quantitative estimate of drug-likeness (QED) is 0.799. The minimum absolute atomic E-state index is 0.103. The van der Waals surface area contributed by atoms with Gasteiger partial charge in [-0.05, 0) is 36.8 Å². The maximum atomic E-state index is 11.8. The largest absolute Gasteiger partial charge is 0.467 e. The minimum atomic E-state index is -0.412. The number of methoxy groups -OCH3 is 1. The fraction of sp³-hybridized carbons (Fsp3) is 0.250. The molecule has 0 unspecified atom stereocenters. The van der Waals surface area contributed by atoms with Gasteiger partial charge in [0, 0.05) is 5.69 Å². The molecular formula is C16H18N2O4. The Morgan fingerprint density at radius 1 is 1.27 bits per heavy atom. The number of carbonyl (C=O) groups excluding carboxylic acids is 2. The summed E-state index contributed by atoms with van der Waals surface area (Å²) in [6, 6.07) is 8.71. The van der Waals surface area contributed by atoms with Crippen molar-refractivity contribution >= 4 is 17.6 Å². The van der Waals surface area contributed by atoms with E-state index in [9.17, 15) is 9.59 Å². The van der Waals surface area contributed by atoms with Gasteiger partial charge in [-0.3, -0.25) is 4.79 Å². The van der Waals surface area contributed by atoms with Crippen LogP contribution in [0.5, 0.6) is 0 Å². The van der Waals surface area contributed by atoms with Crippen LogP contribution in [-0.2, 0) is 16.1 Å². The topological polar surface area (TPSA) is 80.6 Å². The van der Waals surface area contributed by atoms with Gasteiger partial charge < -0.3 is 19.8 Å². The van der Waals surface area contributed by atoms with E-state index in [2.05, 4.69) is 15.4 Å². The molecule has 0 bridgehead atoms. The van der Waals surface area contributed by atoms with Gasteiger partial charge >= 0.3 is 5.97 Å². The number of hydrogen-bond acceptors (Lipinski definition) is 5. The standard InChI is InChI=1S/C16H18N2O4/c1-11-5-6-12(16(20)21-2)8-14(11)17-10-15(19)18-9-13-4-3-7-22-13/h3-8,17H,9-10H2,1-2H3,(H,18,19). The second-order valence-electron chi connectivity index (χ2n) is 4.73. The predicted molar refractivity (Wildman–Crippen MR) is 81.6 cm³/mol.